The first kappa shape index (κ1) is 14.3. The van der Waals surface area contributed by atoms with Gasteiger partial charge in [-0.05, 0) is 32.6 Å². The van der Waals surface area contributed by atoms with Crippen LogP contribution < -0.4 is 5.32 Å². The molecule has 0 radical (unpaired) electrons. The Kier molecular flexibility index (Phi) is 4.65. The monoisotopic (exact) mass is 256 g/mol. The molecule has 0 amide bonds. The van der Waals surface area contributed by atoms with Crippen LogP contribution in [0.3, 0.4) is 0 Å². The molecule has 106 valence electrons. The summed E-state index contributed by atoms with van der Waals surface area (Å²) >= 11 is 0. The molecular weight excluding hydrogens is 227 g/mol. The van der Waals surface area contributed by atoms with Gasteiger partial charge in [0.1, 0.15) is 0 Å². The lowest BCUT2D eigenvalue weighted by Crippen LogP contribution is -2.69. The predicted octanol–water partition coefficient (Wildman–Crippen LogP) is 3.12. The molecule has 1 spiro atoms. The van der Waals surface area contributed by atoms with Crippen molar-refractivity contribution in [2.45, 2.75) is 69.9 Å². The highest BCUT2D eigenvalue weighted by atomic mass is 19.1. The average molecular weight is 256 g/mol. The van der Waals surface area contributed by atoms with E-state index in [2.05, 4.69) is 24.1 Å². The van der Waals surface area contributed by atoms with E-state index in [4.69, 9.17) is 0 Å². The van der Waals surface area contributed by atoms with Crippen molar-refractivity contribution in [3.05, 3.63) is 0 Å². The first-order chi connectivity index (χ1) is 8.64. The number of hydrogen-bond donors (Lipinski definition) is 1. The van der Waals surface area contributed by atoms with Crippen LogP contribution in [0, 0.1) is 0 Å². The van der Waals surface area contributed by atoms with Gasteiger partial charge in [-0.15, -0.1) is 0 Å². The van der Waals surface area contributed by atoms with Gasteiger partial charge in [0.2, 0.25) is 0 Å². The molecule has 0 aromatic carbocycles. The highest BCUT2D eigenvalue weighted by Crippen LogP contribution is 2.37. The van der Waals surface area contributed by atoms with Gasteiger partial charge in [-0.25, -0.2) is 0 Å². The Morgan fingerprint density at radius 2 is 1.94 bits per heavy atom. The topological polar surface area (TPSA) is 15.3 Å². The van der Waals surface area contributed by atoms with Crippen LogP contribution in [0.4, 0.5) is 4.39 Å². The quantitative estimate of drug-likeness (QED) is 0.831. The second-order valence-corrected chi connectivity index (χ2v) is 6.52. The first-order valence-corrected chi connectivity index (χ1v) is 7.70. The molecule has 1 saturated heterocycles. The summed E-state index contributed by atoms with van der Waals surface area (Å²) < 4.78 is 12.5. The summed E-state index contributed by atoms with van der Waals surface area (Å²) in [6.45, 7) is 7.51. The molecule has 1 heterocycles. The smallest absolute Gasteiger partial charge is 0.0906 e. The van der Waals surface area contributed by atoms with E-state index >= 15 is 0 Å². The summed E-state index contributed by atoms with van der Waals surface area (Å²) in [7, 11) is 0. The van der Waals surface area contributed by atoms with E-state index in [0.717, 1.165) is 26.1 Å². The van der Waals surface area contributed by atoms with Crippen molar-refractivity contribution >= 4 is 0 Å². The number of nitrogens with zero attached hydrogens (tertiary/aromatic N) is 1. The summed E-state index contributed by atoms with van der Waals surface area (Å²) in [4.78, 5) is 2.62. The van der Waals surface area contributed by atoms with Crippen LogP contribution in [0.15, 0.2) is 0 Å². The Morgan fingerprint density at radius 3 is 2.56 bits per heavy atom. The summed E-state index contributed by atoms with van der Waals surface area (Å²) in [5.41, 5.74) is 0.557. The van der Waals surface area contributed by atoms with Gasteiger partial charge in [-0.1, -0.05) is 26.2 Å². The highest BCUT2D eigenvalue weighted by Gasteiger charge is 2.44. The molecule has 1 aliphatic heterocycles. The van der Waals surface area contributed by atoms with Crippen molar-refractivity contribution in [1.82, 2.24) is 10.2 Å². The fourth-order valence-electron chi connectivity index (χ4n) is 3.64. The third-order valence-electron chi connectivity index (χ3n) is 5.18. The molecule has 3 heteroatoms. The molecular formula is C15H29FN2. The minimum Gasteiger partial charge on any atom is -0.308 e. The van der Waals surface area contributed by atoms with Gasteiger partial charge in [0.25, 0.3) is 0 Å². The van der Waals surface area contributed by atoms with Crippen molar-refractivity contribution < 1.29 is 4.39 Å². The minimum atomic E-state index is -0.178. The van der Waals surface area contributed by atoms with Gasteiger partial charge < -0.3 is 5.32 Å². The average Bonchev–Trinajstić information content (AvgIpc) is 2.42. The highest BCUT2D eigenvalue weighted by molar-refractivity contribution is 5.04. The van der Waals surface area contributed by atoms with Gasteiger partial charge in [-0.3, -0.25) is 9.29 Å². The summed E-state index contributed by atoms with van der Waals surface area (Å²) in [5.74, 6) is 0. The van der Waals surface area contributed by atoms with E-state index in [1.807, 2.05) is 0 Å². The zero-order valence-electron chi connectivity index (χ0n) is 12.1. The molecule has 0 bridgehead atoms. The Bertz CT molecular complexity index is 263. The Labute approximate surface area is 111 Å². The van der Waals surface area contributed by atoms with E-state index in [9.17, 15) is 4.39 Å². The van der Waals surface area contributed by atoms with Crippen LogP contribution in [-0.2, 0) is 0 Å². The van der Waals surface area contributed by atoms with Crippen LogP contribution in [-0.4, -0.2) is 42.3 Å². The van der Waals surface area contributed by atoms with Crippen molar-refractivity contribution in [3.8, 4) is 0 Å². The number of halogens is 1. The molecule has 1 N–H and O–H groups in total. The standard InChI is InChI=1S/C15H29FN2/c1-3-14(2)13-18(11-7-10-16)15(12-17-14)8-5-4-6-9-15/h17H,3-13H2,1-2H3. The van der Waals surface area contributed by atoms with Crippen LogP contribution in [0.1, 0.15) is 58.8 Å². The Hall–Kier alpha value is -0.150. The summed E-state index contributed by atoms with van der Waals surface area (Å²) in [6.07, 6.45) is 8.51. The number of hydrogen-bond acceptors (Lipinski definition) is 2. The van der Waals surface area contributed by atoms with Gasteiger partial charge in [0.05, 0.1) is 6.67 Å². The van der Waals surface area contributed by atoms with Crippen molar-refractivity contribution in [3.63, 3.8) is 0 Å². The lowest BCUT2D eigenvalue weighted by atomic mass is 9.76. The molecule has 1 saturated carbocycles. The van der Waals surface area contributed by atoms with Crippen molar-refractivity contribution in [2.24, 2.45) is 0 Å². The zero-order valence-corrected chi connectivity index (χ0v) is 12.1. The maximum Gasteiger partial charge on any atom is 0.0906 e. The van der Waals surface area contributed by atoms with E-state index in [-0.39, 0.29) is 12.2 Å². The SMILES string of the molecule is CCC1(C)CN(CCCF)C2(CCCCC2)CN1. The predicted molar refractivity (Wildman–Crippen MR) is 74.7 cm³/mol. The zero-order chi connectivity index (χ0) is 13.1. The van der Waals surface area contributed by atoms with Crippen LogP contribution >= 0.6 is 0 Å². The number of nitrogens with one attached hydrogen (secondary N) is 1. The molecule has 18 heavy (non-hydrogen) atoms. The normalized spacial score (nSPS) is 32.8. The fourth-order valence-corrected chi connectivity index (χ4v) is 3.64. The fraction of sp³-hybridized carbons (Fsp3) is 1.00. The van der Waals surface area contributed by atoms with Gasteiger partial charge >= 0.3 is 0 Å². The maximum absolute atomic E-state index is 12.5. The largest absolute Gasteiger partial charge is 0.308 e. The van der Waals surface area contributed by atoms with Crippen molar-refractivity contribution in [1.29, 1.82) is 0 Å². The lowest BCUT2D eigenvalue weighted by molar-refractivity contribution is -0.0170. The maximum atomic E-state index is 12.5. The van der Waals surface area contributed by atoms with Crippen LogP contribution in [0.25, 0.3) is 0 Å². The Balaban J connectivity index is 2.08. The van der Waals surface area contributed by atoms with Crippen LogP contribution in [0.2, 0.25) is 0 Å². The van der Waals surface area contributed by atoms with E-state index in [0.29, 0.717) is 12.0 Å². The molecule has 0 aromatic heterocycles. The Morgan fingerprint density at radius 1 is 1.22 bits per heavy atom. The molecule has 2 aliphatic rings. The summed E-state index contributed by atoms with van der Waals surface area (Å²) in [6, 6.07) is 0. The molecule has 1 aliphatic carbocycles. The molecule has 2 rings (SSSR count). The number of piperazine rings is 1. The number of rotatable bonds is 4. The van der Waals surface area contributed by atoms with Gasteiger partial charge in [-0.2, -0.15) is 0 Å². The number of alkyl halides is 1. The van der Waals surface area contributed by atoms with E-state index in [1.54, 1.807) is 0 Å². The third-order valence-corrected chi connectivity index (χ3v) is 5.18. The first-order valence-electron chi connectivity index (χ1n) is 7.70. The van der Waals surface area contributed by atoms with Crippen LogP contribution in [0.5, 0.6) is 0 Å². The second kappa shape index (κ2) is 5.87. The van der Waals surface area contributed by atoms with Crippen molar-refractivity contribution in [2.75, 3.05) is 26.3 Å². The van der Waals surface area contributed by atoms with E-state index in [1.165, 1.54) is 32.1 Å². The molecule has 2 fully saturated rings. The summed E-state index contributed by atoms with van der Waals surface area (Å²) in [5, 5.41) is 3.78. The van der Waals surface area contributed by atoms with E-state index < -0.39 is 0 Å². The molecule has 2 nitrogen and oxygen atoms in total. The third kappa shape index (κ3) is 2.88. The molecule has 1 unspecified atom stereocenters. The second-order valence-electron chi connectivity index (χ2n) is 6.52. The molecule has 1 atom stereocenters. The minimum absolute atomic E-state index is 0.178. The van der Waals surface area contributed by atoms with Gasteiger partial charge in [0.15, 0.2) is 0 Å². The van der Waals surface area contributed by atoms with Gasteiger partial charge in [0, 0.05) is 30.7 Å². The lowest BCUT2D eigenvalue weighted by Gasteiger charge is -2.55. The molecule has 0 aromatic rings.